The zero-order valence-corrected chi connectivity index (χ0v) is 22.6. The largest absolute Gasteiger partial charge is 0.393 e. The Bertz CT molecular complexity index is 784. The van der Waals surface area contributed by atoms with Gasteiger partial charge < -0.3 is 15.3 Å². The van der Waals surface area contributed by atoms with E-state index in [0.29, 0.717) is 39.9 Å². The molecule has 5 aliphatic rings. The predicted molar refractivity (Wildman–Crippen MR) is 134 cm³/mol. The summed E-state index contributed by atoms with van der Waals surface area (Å²) in [5.41, 5.74) is 0.949. The first-order valence-electron chi connectivity index (χ1n) is 14.2. The van der Waals surface area contributed by atoms with Gasteiger partial charge in [0.25, 0.3) is 0 Å². The molecular weight excluding hydrogens is 408 g/mol. The number of aliphatic hydroxyl groups excluding tert-OH is 2. The summed E-state index contributed by atoms with van der Waals surface area (Å²) in [5, 5.41) is 31.5. The topological polar surface area (TPSA) is 60.7 Å². The van der Waals surface area contributed by atoms with Gasteiger partial charge in [0.15, 0.2) is 0 Å². The lowest BCUT2D eigenvalue weighted by Crippen LogP contribution is -2.57. The SMILES string of the molecule is CC(CC[C@H](O)C(C)(C)O)[C@H]1CC[C@@]2(C)[C@@H]3CC[C@H]4C(C)(C)[C@@H](O)CCC45CC35CC[C@]12C. The highest BCUT2D eigenvalue weighted by Gasteiger charge is 2.82. The summed E-state index contributed by atoms with van der Waals surface area (Å²) in [6, 6.07) is 0. The molecule has 3 N–H and O–H groups in total. The molecule has 0 aromatic carbocycles. The van der Waals surface area contributed by atoms with Crippen molar-refractivity contribution in [2.75, 3.05) is 0 Å². The molecule has 5 aliphatic carbocycles. The fourth-order valence-corrected chi connectivity index (χ4v) is 11.3. The van der Waals surface area contributed by atoms with Gasteiger partial charge in [-0.05, 0) is 135 Å². The standard InChI is InChI=1S/C30H52O3/c1-19(8-11-24(32)26(4,5)33)20-12-14-28(7)22-10-9-21-25(2,3)23(31)13-15-29(21)18-30(22,29)17-16-27(20,28)6/h19-24,31-33H,8-18H2,1-7H3/t19?,20-,21+,22+,23+,24+,27-,28+,29?,30?/m1/s1. The molecule has 10 atom stereocenters. The second kappa shape index (κ2) is 7.22. The molecule has 0 amide bonds. The quantitative estimate of drug-likeness (QED) is 0.449. The van der Waals surface area contributed by atoms with Crippen LogP contribution in [0.15, 0.2) is 0 Å². The normalized spacial score (nSPS) is 52.2. The fraction of sp³-hybridized carbons (Fsp3) is 1.00. The first-order chi connectivity index (χ1) is 15.2. The van der Waals surface area contributed by atoms with Gasteiger partial charge >= 0.3 is 0 Å². The third kappa shape index (κ3) is 3.03. The zero-order valence-electron chi connectivity index (χ0n) is 22.6. The number of rotatable bonds is 5. The maximum absolute atomic E-state index is 10.8. The number of aliphatic hydroxyl groups is 3. The van der Waals surface area contributed by atoms with Gasteiger partial charge in [-0.1, -0.05) is 34.6 Å². The monoisotopic (exact) mass is 460 g/mol. The Morgan fingerprint density at radius 3 is 2.12 bits per heavy atom. The predicted octanol–water partition coefficient (Wildman–Crippen LogP) is 6.33. The van der Waals surface area contributed by atoms with Crippen LogP contribution < -0.4 is 0 Å². The lowest BCUT2D eigenvalue weighted by atomic mass is 9.41. The minimum atomic E-state index is -1.01. The molecule has 33 heavy (non-hydrogen) atoms. The van der Waals surface area contributed by atoms with Crippen molar-refractivity contribution in [2.24, 2.45) is 50.7 Å². The lowest BCUT2D eigenvalue weighted by molar-refractivity contribution is -0.161. The first kappa shape index (κ1) is 24.6. The summed E-state index contributed by atoms with van der Waals surface area (Å²) in [5.74, 6) is 2.88. The van der Waals surface area contributed by atoms with Crippen molar-refractivity contribution in [3.63, 3.8) is 0 Å². The van der Waals surface area contributed by atoms with E-state index < -0.39 is 11.7 Å². The van der Waals surface area contributed by atoms with Crippen molar-refractivity contribution in [2.45, 2.75) is 137 Å². The second-order valence-corrected chi connectivity index (χ2v) is 15.3. The zero-order chi connectivity index (χ0) is 24.2. The molecule has 190 valence electrons. The van der Waals surface area contributed by atoms with Crippen LogP contribution in [0, 0.1) is 50.7 Å². The Morgan fingerprint density at radius 1 is 0.818 bits per heavy atom. The summed E-state index contributed by atoms with van der Waals surface area (Å²) in [7, 11) is 0. The van der Waals surface area contributed by atoms with Crippen LogP contribution in [0.1, 0.15) is 119 Å². The van der Waals surface area contributed by atoms with E-state index in [2.05, 4.69) is 34.6 Å². The van der Waals surface area contributed by atoms with Crippen LogP contribution in [0.4, 0.5) is 0 Å². The third-order valence-corrected chi connectivity index (χ3v) is 13.6. The maximum atomic E-state index is 10.8. The van der Waals surface area contributed by atoms with Gasteiger partial charge in [-0.15, -0.1) is 0 Å². The van der Waals surface area contributed by atoms with E-state index in [0.717, 1.165) is 24.7 Å². The van der Waals surface area contributed by atoms with Crippen molar-refractivity contribution >= 4 is 0 Å². The fourth-order valence-electron chi connectivity index (χ4n) is 11.3. The van der Waals surface area contributed by atoms with Crippen LogP contribution in [0.3, 0.4) is 0 Å². The van der Waals surface area contributed by atoms with Gasteiger partial charge in [-0.25, -0.2) is 0 Å². The van der Waals surface area contributed by atoms with Gasteiger partial charge in [0.05, 0.1) is 17.8 Å². The van der Waals surface area contributed by atoms with E-state index in [9.17, 15) is 15.3 Å². The minimum Gasteiger partial charge on any atom is -0.393 e. The molecular formula is C30H52O3. The summed E-state index contributed by atoms with van der Waals surface area (Å²) in [4.78, 5) is 0. The van der Waals surface area contributed by atoms with E-state index in [-0.39, 0.29) is 11.5 Å². The Balaban J connectivity index is 1.37. The van der Waals surface area contributed by atoms with E-state index >= 15 is 0 Å². The van der Waals surface area contributed by atoms with Crippen LogP contribution in [0.2, 0.25) is 0 Å². The molecule has 5 fully saturated rings. The van der Waals surface area contributed by atoms with Gasteiger partial charge in [-0.2, -0.15) is 0 Å². The molecule has 3 unspecified atom stereocenters. The average molecular weight is 461 g/mol. The minimum absolute atomic E-state index is 0.0718. The van der Waals surface area contributed by atoms with Crippen molar-refractivity contribution in [3.05, 3.63) is 0 Å². The lowest BCUT2D eigenvalue weighted by Gasteiger charge is -2.63. The molecule has 3 nitrogen and oxygen atoms in total. The molecule has 0 heterocycles. The van der Waals surface area contributed by atoms with Crippen LogP contribution in [0.25, 0.3) is 0 Å². The van der Waals surface area contributed by atoms with E-state index in [1.165, 1.54) is 51.4 Å². The van der Waals surface area contributed by atoms with Crippen molar-refractivity contribution in [3.8, 4) is 0 Å². The third-order valence-electron chi connectivity index (χ3n) is 13.6. The van der Waals surface area contributed by atoms with E-state index in [4.69, 9.17) is 0 Å². The smallest absolute Gasteiger partial charge is 0.0849 e. The molecule has 0 aliphatic heterocycles. The van der Waals surface area contributed by atoms with E-state index in [1.807, 2.05) is 0 Å². The second-order valence-electron chi connectivity index (χ2n) is 15.3. The Morgan fingerprint density at radius 2 is 1.45 bits per heavy atom. The van der Waals surface area contributed by atoms with Gasteiger partial charge in [-0.3, -0.25) is 0 Å². The Labute approximate surface area is 203 Å². The van der Waals surface area contributed by atoms with Crippen LogP contribution >= 0.6 is 0 Å². The van der Waals surface area contributed by atoms with Gasteiger partial charge in [0.1, 0.15) is 0 Å². The molecule has 0 aromatic rings. The molecule has 5 rings (SSSR count). The molecule has 0 saturated heterocycles. The summed E-state index contributed by atoms with van der Waals surface area (Å²) in [6.07, 6.45) is 12.8. The Hall–Kier alpha value is -0.120. The average Bonchev–Trinajstić information content (AvgIpc) is 3.31. The van der Waals surface area contributed by atoms with Crippen LogP contribution in [0.5, 0.6) is 0 Å². The highest BCUT2D eigenvalue weighted by atomic mass is 16.3. The van der Waals surface area contributed by atoms with Crippen LogP contribution in [-0.4, -0.2) is 33.1 Å². The Kier molecular flexibility index (Phi) is 5.38. The van der Waals surface area contributed by atoms with E-state index in [1.54, 1.807) is 13.8 Å². The van der Waals surface area contributed by atoms with Gasteiger partial charge in [0.2, 0.25) is 0 Å². The van der Waals surface area contributed by atoms with Crippen LogP contribution in [-0.2, 0) is 0 Å². The van der Waals surface area contributed by atoms with Crippen molar-refractivity contribution in [1.29, 1.82) is 0 Å². The maximum Gasteiger partial charge on any atom is 0.0849 e. The molecule has 5 saturated carbocycles. The number of hydrogen-bond donors (Lipinski definition) is 3. The highest BCUT2D eigenvalue weighted by molar-refractivity contribution is 5.30. The summed E-state index contributed by atoms with van der Waals surface area (Å²) >= 11 is 0. The molecule has 3 heteroatoms. The number of hydrogen-bond acceptors (Lipinski definition) is 3. The molecule has 0 bridgehead atoms. The van der Waals surface area contributed by atoms with Crippen molar-refractivity contribution in [1.82, 2.24) is 0 Å². The highest BCUT2D eigenvalue weighted by Crippen LogP contribution is 2.89. The first-order valence-corrected chi connectivity index (χ1v) is 14.2. The summed E-state index contributed by atoms with van der Waals surface area (Å²) < 4.78 is 0. The summed E-state index contributed by atoms with van der Waals surface area (Å²) in [6.45, 7) is 15.9. The number of fused-ring (bicyclic) bond motifs is 2. The molecule has 0 radical (unpaired) electrons. The molecule has 0 aromatic heterocycles. The van der Waals surface area contributed by atoms with Crippen molar-refractivity contribution < 1.29 is 15.3 Å². The van der Waals surface area contributed by atoms with Gasteiger partial charge in [0, 0.05) is 0 Å². The molecule has 2 spiro atoms.